The van der Waals surface area contributed by atoms with Gasteiger partial charge < -0.3 is 4.74 Å². The van der Waals surface area contributed by atoms with Gasteiger partial charge in [-0.3, -0.25) is 0 Å². The number of hydrogen-bond donors (Lipinski definition) is 0. The molecular weight excluding hydrogens is 210 g/mol. The van der Waals surface area contributed by atoms with Crippen LogP contribution in [-0.2, 0) is 0 Å². The average molecular weight is 220 g/mol. The van der Waals surface area contributed by atoms with Crippen molar-refractivity contribution in [2.75, 3.05) is 7.11 Å². The Balaban J connectivity index is 2.43. The summed E-state index contributed by atoms with van der Waals surface area (Å²) in [6.45, 7) is 0. The molecule has 15 heavy (non-hydrogen) atoms. The summed E-state index contributed by atoms with van der Waals surface area (Å²) >= 11 is 5.99. The van der Waals surface area contributed by atoms with Crippen LogP contribution in [0.25, 0.3) is 11.1 Å². The van der Waals surface area contributed by atoms with E-state index in [1.807, 2.05) is 36.4 Å². The predicted octanol–water partition coefficient (Wildman–Crippen LogP) is 3.41. The molecule has 2 nitrogen and oxygen atoms in total. The van der Waals surface area contributed by atoms with Crippen LogP contribution in [0.4, 0.5) is 0 Å². The lowest BCUT2D eigenvalue weighted by Gasteiger charge is -2.04. The fourth-order valence-corrected chi connectivity index (χ4v) is 1.61. The lowest BCUT2D eigenvalue weighted by molar-refractivity contribution is 0.398. The van der Waals surface area contributed by atoms with Crippen LogP contribution in [0.3, 0.4) is 0 Å². The summed E-state index contributed by atoms with van der Waals surface area (Å²) in [6, 6.07) is 11.8. The lowest BCUT2D eigenvalue weighted by atomic mass is 10.1. The number of benzene rings is 1. The average Bonchev–Trinajstić information content (AvgIpc) is 2.30. The van der Waals surface area contributed by atoms with Crippen molar-refractivity contribution >= 4 is 11.6 Å². The van der Waals surface area contributed by atoms with Crippen LogP contribution in [0.1, 0.15) is 0 Å². The molecule has 0 aliphatic heterocycles. The third kappa shape index (κ3) is 2.10. The quantitative estimate of drug-likeness (QED) is 0.772. The summed E-state index contributed by atoms with van der Waals surface area (Å²) in [7, 11) is 1.55. The van der Waals surface area contributed by atoms with Gasteiger partial charge in [0.05, 0.1) is 7.11 Å². The van der Waals surface area contributed by atoms with Gasteiger partial charge >= 0.3 is 0 Å². The van der Waals surface area contributed by atoms with E-state index in [9.17, 15) is 0 Å². The molecule has 0 saturated carbocycles. The van der Waals surface area contributed by atoms with E-state index in [1.54, 1.807) is 13.3 Å². The summed E-state index contributed by atoms with van der Waals surface area (Å²) in [5, 5.41) is 0.527. The number of ether oxygens (including phenoxy) is 1. The topological polar surface area (TPSA) is 22.1 Å². The number of methoxy groups -OCH3 is 1. The minimum absolute atomic E-state index is 0.455. The van der Waals surface area contributed by atoms with Crippen molar-refractivity contribution in [1.29, 1.82) is 0 Å². The first-order chi connectivity index (χ1) is 7.31. The van der Waals surface area contributed by atoms with Gasteiger partial charge in [-0.1, -0.05) is 41.9 Å². The van der Waals surface area contributed by atoms with Gasteiger partial charge in [0.1, 0.15) is 5.02 Å². The van der Waals surface area contributed by atoms with Crippen LogP contribution in [0.15, 0.2) is 42.6 Å². The van der Waals surface area contributed by atoms with Crippen molar-refractivity contribution < 1.29 is 4.74 Å². The molecule has 0 aliphatic rings. The Hall–Kier alpha value is -1.54. The summed E-state index contributed by atoms with van der Waals surface area (Å²) < 4.78 is 4.99. The molecule has 2 rings (SSSR count). The molecule has 0 fully saturated rings. The molecule has 3 heteroatoms. The highest BCUT2D eigenvalue weighted by Gasteiger charge is 2.04. The van der Waals surface area contributed by atoms with E-state index in [4.69, 9.17) is 16.3 Å². The molecule has 0 spiro atoms. The van der Waals surface area contributed by atoms with Crippen molar-refractivity contribution in [3.8, 4) is 17.0 Å². The highest BCUT2D eigenvalue weighted by Crippen LogP contribution is 2.27. The van der Waals surface area contributed by atoms with Crippen molar-refractivity contribution in [1.82, 2.24) is 4.98 Å². The van der Waals surface area contributed by atoms with Crippen LogP contribution in [0.5, 0.6) is 5.88 Å². The van der Waals surface area contributed by atoms with Crippen molar-refractivity contribution in [2.24, 2.45) is 0 Å². The molecule has 0 N–H and O–H groups in total. The molecule has 0 unspecified atom stereocenters. The maximum atomic E-state index is 5.99. The lowest BCUT2D eigenvalue weighted by Crippen LogP contribution is -1.89. The number of aromatic nitrogens is 1. The Morgan fingerprint density at radius 3 is 2.47 bits per heavy atom. The van der Waals surface area contributed by atoms with Gasteiger partial charge in [0.25, 0.3) is 0 Å². The smallest absolute Gasteiger partial charge is 0.232 e. The molecule has 0 atom stereocenters. The number of rotatable bonds is 2. The minimum atomic E-state index is 0.455. The van der Waals surface area contributed by atoms with Crippen molar-refractivity contribution in [3.05, 3.63) is 47.6 Å². The molecule has 0 bridgehead atoms. The minimum Gasteiger partial charge on any atom is -0.480 e. The largest absolute Gasteiger partial charge is 0.480 e. The SMILES string of the molecule is COc1ncc(-c2ccccc2)cc1Cl. The van der Waals surface area contributed by atoms with Crippen LogP contribution in [0, 0.1) is 0 Å². The first-order valence-electron chi connectivity index (χ1n) is 4.56. The molecule has 0 radical (unpaired) electrons. The number of pyridine rings is 1. The van der Waals surface area contributed by atoms with E-state index in [2.05, 4.69) is 4.98 Å². The first kappa shape index (κ1) is 9.99. The Labute approximate surface area is 93.5 Å². The highest BCUT2D eigenvalue weighted by atomic mass is 35.5. The van der Waals surface area contributed by atoms with Crippen LogP contribution >= 0.6 is 11.6 Å². The highest BCUT2D eigenvalue weighted by molar-refractivity contribution is 6.32. The predicted molar refractivity (Wildman–Crippen MR) is 61.2 cm³/mol. The monoisotopic (exact) mass is 219 g/mol. The van der Waals surface area contributed by atoms with Crippen LogP contribution in [0.2, 0.25) is 5.02 Å². The molecule has 0 amide bonds. The molecule has 76 valence electrons. The summed E-state index contributed by atoms with van der Waals surface area (Å²) in [6.07, 6.45) is 1.75. The number of hydrogen-bond acceptors (Lipinski definition) is 2. The van der Waals surface area contributed by atoms with E-state index >= 15 is 0 Å². The van der Waals surface area contributed by atoms with Crippen molar-refractivity contribution in [2.45, 2.75) is 0 Å². The van der Waals surface area contributed by atoms with Crippen molar-refractivity contribution in [3.63, 3.8) is 0 Å². The second-order valence-electron chi connectivity index (χ2n) is 3.08. The molecule has 2 aromatic rings. The van der Waals surface area contributed by atoms with Crippen LogP contribution < -0.4 is 4.74 Å². The van der Waals surface area contributed by atoms with Crippen LogP contribution in [-0.4, -0.2) is 12.1 Å². The Morgan fingerprint density at radius 1 is 1.13 bits per heavy atom. The van der Waals surface area contributed by atoms with Gasteiger partial charge in [-0.05, 0) is 11.6 Å². The molecule has 1 aromatic carbocycles. The zero-order valence-electron chi connectivity index (χ0n) is 8.27. The maximum Gasteiger partial charge on any atom is 0.232 e. The van der Waals surface area contributed by atoms with E-state index in [0.717, 1.165) is 11.1 Å². The van der Waals surface area contributed by atoms with E-state index in [0.29, 0.717) is 10.9 Å². The van der Waals surface area contributed by atoms with E-state index < -0.39 is 0 Å². The zero-order chi connectivity index (χ0) is 10.7. The normalized spacial score (nSPS) is 10.0. The summed E-state index contributed by atoms with van der Waals surface area (Å²) in [5.41, 5.74) is 2.08. The Bertz CT molecular complexity index is 456. The van der Waals surface area contributed by atoms with Gasteiger partial charge in [0.2, 0.25) is 5.88 Å². The fraction of sp³-hybridized carbons (Fsp3) is 0.0833. The Kier molecular flexibility index (Phi) is 2.88. The fourth-order valence-electron chi connectivity index (χ4n) is 1.36. The first-order valence-corrected chi connectivity index (χ1v) is 4.94. The summed E-state index contributed by atoms with van der Waals surface area (Å²) in [5.74, 6) is 0.455. The third-order valence-electron chi connectivity index (χ3n) is 2.11. The van der Waals surface area contributed by atoms with Gasteiger partial charge in [-0.2, -0.15) is 0 Å². The third-order valence-corrected chi connectivity index (χ3v) is 2.38. The van der Waals surface area contributed by atoms with Gasteiger partial charge in [0, 0.05) is 11.8 Å². The Morgan fingerprint density at radius 2 is 1.87 bits per heavy atom. The number of halogens is 1. The second kappa shape index (κ2) is 4.32. The second-order valence-corrected chi connectivity index (χ2v) is 3.49. The molecular formula is C12H10ClNO. The maximum absolute atomic E-state index is 5.99. The van der Waals surface area contributed by atoms with E-state index in [-0.39, 0.29) is 0 Å². The molecule has 0 aliphatic carbocycles. The van der Waals surface area contributed by atoms with E-state index in [1.165, 1.54) is 0 Å². The van der Waals surface area contributed by atoms with Gasteiger partial charge in [-0.15, -0.1) is 0 Å². The molecule has 1 heterocycles. The molecule has 0 saturated heterocycles. The van der Waals surface area contributed by atoms with Gasteiger partial charge in [-0.25, -0.2) is 4.98 Å². The van der Waals surface area contributed by atoms with Gasteiger partial charge in [0.15, 0.2) is 0 Å². The zero-order valence-corrected chi connectivity index (χ0v) is 9.03. The molecule has 1 aromatic heterocycles. The summed E-state index contributed by atoms with van der Waals surface area (Å²) in [4.78, 5) is 4.12. The number of nitrogens with zero attached hydrogens (tertiary/aromatic N) is 1. The standard InChI is InChI=1S/C12H10ClNO/c1-15-12-11(13)7-10(8-14-12)9-5-3-2-4-6-9/h2-8H,1H3.